The second kappa shape index (κ2) is 6.24. The van der Waals surface area contributed by atoms with E-state index in [0.717, 1.165) is 18.7 Å². The van der Waals surface area contributed by atoms with Gasteiger partial charge in [0.1, 0.15) is 5.82 Å². The normalized spacial score (nSPS) is 10.5. The van der Waals surface area contributed by atoms with Crippen LogP contribution in [0.4, 0.5) is 16.0 Å². The van der Waals surface area contributed by atoms with Gasteiger partial charge >= 0.3 is 0 Å². The van der Waals surface area contributed by atoms with Gasteiger partial charge in [0, 0.05) is 31.5 Å². The van der Waals surface area contributed by atoms with Crippen molar-refractivity contribution in [2.75, 3.05) is 18.5 Å². The Morgan fingerprint density at radius 3 is 2.53 bits per heavy atom. The molecular weight excluding hydrogens is 243 g/mol. The zero-order valence-corrected chi connectivity index (χ0v) is 11.1. The largest absolute Gasteiger partial charge is 0.313 e. The van der Waals surface area contributed by atoms with E-state index in [1.165, 1.54) is 6.07 Å². The van der Waals surface area contributed by atoms with Gasteiger partial charge in [0.15, 0.2) is 0 Å². The summed E-state index contributed by atoms with van der Waals surface area (Å²) in [6.45, 7) is 3.68. The number of anilines is 2. The van der Waals surface area contributed by atoms with Gasteiger partial charge in [-0.15, -0.1) is 0 Å². The first kappa shape index (κ1) is 13.4. The molecule has 0 amide bonds. The van der Waals surface area contributed by atoms with E-state index >= 15 is 0 Å². The van der Waals surface area contributed by atoms with Crippen LogP contribution in [0.25, 0.3) is 0 Å². The minimum atomic E-state index is -0.287. The average Bonchev–Trinajstić information content (AvgIpc) is 2.45. The molecule has 0 spiro atoms. The number of hydrogen-bond donors (Lipinski definition) is 1. The van der Waals surface area contributed by atoms with Crippen molar-refractivity contribution >= 4 is 11.6 Å². The Labute approximate surface area is 112 Å². The van der Waals surface area contributed by atoms with Gasteiger partial charge in [-0.25, -0.2) is 14.4 Å². The molecule has 100 valence electrons. The molecule has 1 aromatic carbocycles. The molecule has 1 heterocycles. The topological polar surface area (TPSA) is 41.1 Å². The lowest BCUT2D eigenvalue weighted by atomic mass is 10.3. The van der Waals surface area contributed by atoms with Gasteiger partial charge in [-0.1, -0.05) is 19.1 Å². The molecule has 0 aliphatic carbocycles. The van der Waals surface area contributed by atoms with Gasteiger partial charge in [0.2, 0.25) is 5.95 Å². The summed E-state index contributed by atoms with van der Waals surface area (Å²) in [5.74, 6) is 0.190. The van der Waals surface area contributed by atoms with Crippen molar-refractivity contribution in [2.24, 2.45) is 0 Å². The third-order valence-electron chi connectivity index (χ3n) is 2.78. The summed E-state index contributed by atoms with van der Waals surface area (Å²) in [6, 6.07) is 6.57. The van der Waals surface area contributed by atoms with Crippen molar-refractivity contribution in [2.45, 2.75) is 13.5 Å². The van der Waals surface area contributed by atoms with Crippen molar-refractivity contribution in [1.82, 2.24) is 15.3 Å². The smallest absolute Gasteiger partial charge is 0.229 e. The number of nitrogens with zero attached hydrogens (tertiary/aromatic N) is 3. The number of benzene rings is 1. The van der Waals surface area contributed by atoms with E-state index in [0.29, 0.717) is 11.6 Å². The number of nitrogens with one attached hydrogen (secondary N) is 1. The van der Waals surface area contributed by atoms with Crippen LogP contribution in [0.5, 0.6) is 0 Å². The predicted octanol–water partition coefficient (Wildman–Crippen LogP) is 2.49. The first-order chi connectivity index (χ1) is 9.22. The summed E-state index contributed by atoms with van der Waals surface area (Å²) in [5, 5.41) is 3.20. The summed E-state index contributed by atoms with van der Waals surface area (Å²) in [4.78, 5) is 10.1. The van der Waals surface area contributed by atoms with Crippen LogP contribution in [0.2, 0.25) is 0 Å². The van der Waals surface area contributed by atoms with Crippen molar-refractivity contribution in [3.8, 4) is 0 Å². The summed E-state index contributed by atoms with van der Waals surface area (Å²) in [6.07, 6.45) is 3.50. The van der Waals surface area contributed by atoms with Gasteiger partial charge < -0.3 is 10.2 Å². The van der Waals surface area contributed by atoms with E-state index in [4.69, 9.17) is 0 Å². The number of aromatic nitrogens is 2. The molecule has 19 heavy (non-hydrogen) atoms. The van der Waals surface area contributed by atoms with Crippen LogP contribution in [0.15, 0.2) is 36.7 Å². The number of rotatable bonds is 5. The van der Waals surface area contributed by atoms with E-state index in [2.05, 4.69) is 15.3 Å². The Morgan fingerprint density at radius 2 is 1.89 bits per heavy atom. The molecule has 0 saturated carbocycles. The highest BCUT2D eigenvalue weighted by atomic mass is 19.1. The van der Waals surface area contributed by atoms with E-state index in [1.807, 2.05) is 6.92 Å². The van der Waals surface area contributed by atoms with Gasteiger partial charge in [-0.2, -0.15) is 0 Å². The molecule has 0 radical (unpaired) electrons. The van der Waals surface area contributed by atoms with Crippen LogP contribution in [-0.2, 0) is 6.54 Å². The minimum absolute atomic E-state index is 0.287. The third kappa shape index (κ3) is 3.26. The molecule has 0 atom stereocenters. The highest BCUT2D eigenvalue weighted by Gasteiger charge is 2.10. The average molecular weight is 260 g/mol. The SMILES string of the molecule is CCNCc1cnc(N(C)c2ccccc2F)nc1. The van der Waals surface area contributed by atoms with Gasteiger partial charge in [-0.3, -0.25) is 0 Å². The van der Waals surface area contributed by atoms with Gasteiger partial charge in [0.05, 0.1) is 5.69 Å². The van der Waals surface area contributed by atoms with Crippen molar-refractivity contribution < 1.29 is 4.39 Å². The molecule has 4 nitrogen and oxygen atoms in total. The fraction of sp³-hybridized carbons (Fsp3) is 0.286. The molecule has 0 unspecified atom stereocenters. The molecule has 0 bridgehead atoms. The van der Waals surface area contributed by atoms with Crippen molar-refractivity contribution in [1.29, 1.82) is 0 Å². The monoisotopic (exact) mass is 260 g/mol. The third-order valence-corrected chi connectivity index (χ3v) is 2.78. The summed E-state index contributed by atoms with van der Waals surface area (Å²) < 4.78 is 13.7. The molecule has 1 N–H and O–H groups in total. The lowest BCUT2D eigenvalue weighted by Gasteiger charge is -2.17. The second-order valence-electron chi connectivity index (χ2n) is 4.18. The van der Waals surface area contributed by atoms with Crippen LogP contribution < -0.4 is 10.2 Å². The van der Waals surface area contributed by atoms with Gasteiger partial charge in [-0.05, 0) is 18.7 Å². The summed E-state index contributed by atoms with van der Waals surface area (Å²) >= 11 is 0. The standard InChI is InChI=1S/C14H17FN4/c1-3-16-8-11-9-17-14(18-10-11)19(2)13-7-5-4-6-12(13)15/h4-7,9-10,16H,3,8H2,1-2H3. The molecule has 0 aliphatic rings. The zero-order chi connectivity index (χ0) is 13.7. The summed E-state index contributed by atoms with van der Waals surface area (Å²) in [5.41, 5.74) is 1.47. The van der Waals surface area contributed by atoms with E-state index < -0.39 is 0 Å². The lowest BCUT2D eigenvalue weighted by molar-refractivity contribution is 0.627. The van der Waals surface area contributed by atoms with Crippen molar-refractivity contribution in [3.05, 3.63) is 48.0 Å². The van der Waals surface area contributed by atoms with Crippen LogP contribution in [0.3, 0.4) is 0 Å². The minimum Gasteiger partial charge on any atom is -0.313 e. The maximum absolute atomic E-state index is 13.7. The Hall–Kier alpha value is -2.01. The molecule has 1 aromatic heterocycles. The Balaban J connectivity index is 2.16. The van der Waals surface area contributed by atoms with Crippen molar-refractivity contribution in [3.63, 3.8) is 0 Å². The zero-order valence-electron chi connectivity index (χ0n) is 11.1. The number of para-hydroxylation sites is 1. The molecule has 5 heteroatoms. The first-order valence-corrected chi connectivity index (χ1v) is 6.22. The Bertz CT molecular complexity index is 527. The Kier molecular flexibility index (Phi) is 4.41. The lowest BCUT2D eigenvalue weighted by Crippen LogP contribution is -2.16. The van der Waals surface area contributed by atoms with Crippen LogP contribution in [0, 0.1) is 5.82 Å². The van der Waals surface area contributed by atoms with E-state index in [1.54, 1.807) is 42.5 Å². The quantitative estimate of drug-likeness (QED) is 0.896. The molecule has 0 saturated heterocycles. The Morgan fingerprint density at radius 1 is 1.21 bits per heavy atom. The molecule has 0 fully saturated rings. The maximum atomic E-state index is 13.7. The number of halogens is 1. The van der Waals surface area contributed by atoms with E-state index in [9.17, 15) is 4.39 Å². The van der Waals surface area contributed by atoms with Gasteiger partial charge in [0.25, 0.3) is 0 Å². The maximum Gasteiger partial charge on any atom is 0.229 e. The second-order valence-corrected chi connectivity index (χ2v) is 4.18. The van der Waals surface area contributed by atoms with Crippen LogP contribution in [-0.4, -0.2) is 23.6 Å². The molecular formula is C14H17FN4. The van der Waals surface area contributed by atoms with Crippen LogP contribution in [0.1, 0.15) is 12.5 Å². The highest BCUT2D eigenvalue weighted by Crippen LogP contribution is 2.22. The molecule has 0 aliphatic heterocycles. The number of hydrogen-bond acceptors (Lipinski definition) is 4. The fourth-order valence-electron chi connectivity index (χ4n) is 1.71. The van der Waals surface area contributed by atoms with Crippen LogP contribution >= 0.6 is 0 Å². The fourth-order valence-corrected chi connectivity index (χ4v) is 1.71. The molecule has 2 rings (SSSR count). The first-order valence-electron chi connectivity index (χ1n) is 6.22. The van der Waals surface area contributed by atoms with E-state index in [-0.39, 0.29) is 5.82 Å². The highest BCUT2D eigenvalue weighted by molar-refractivity contribution is 5.56. The summed E-state index contributed by atoms with van der Waals surface area (Å²) in [7, 11) is 1.75. The predicted molar refractivity (Wildman–Crippen MR) is 73.9 cm³/mol. The molecule has 2 aromatic rings.